The highest BCUT2D eigenvalue weighted by Crippen LogP contribution is 2.35. The van der Waals surface area contributed by atoms with Crippen LogP contribution in [0.2, 0.25) is 0 Å². The molecule has 0 saturated carbocycles. The molecule has 1 aromatic heterocycles. The molecule has 0 bridgehead atoms. The molecule has 2 aliphatic rings. The molecule has 3 N–H and O–H groups in total. The summed E-state index contributed by atoms with van der Waals surface area (Å²) in [6.45, 7) is 7.27. The number of benzene rings is 2. The van der Waals surface area contributed by atoms with Crippen LogP contribution < -0.4 is 20.7 Å². The smallest absolute Gasteiger partial charge is 0.123 e. The van der Waals surface area contributed by atoms with E-state index in [9.17, 15) is 0 Å². The summed E-state index contributed by atoms with van der Waals surface area (Å²) in [5.41, 5.74) is 2.56. The summed E-state index contributed by atoms with van der Waals surface area (Å²) in [6.07, 6.45) is 5.06. The lowest BCUT2D eigenvalue weighted by Crippen LogP contribution is -2.34. The number of hydrogen-bond acceptors (Lipinski definition) is 5. The summed E-state index contributed by atoms with van der Waals surface area (Å²) in [7, 11) is 0. The minimum atomic E-state index is 0.613. The highest BCUT2D eigenvalue weighted by Gasteiger charge is 2.16. The van der Waals surface area contributed by atoms with Crippen molar-refractivity contribution in [2.24, 2.45) is 11.8 Å². The topological polar surface area (TPSA) is 45.3 Å². The summed E-state index contributed by atoms with van der Waals surface area (Å²) in [5, 5.41) is 12.0. The van der Waals surface area contributed by atoms with Crippen LogP contribution in [0.1, 0.15) is 31.2 Å². The van der Waals surface area contributed by atoms with Gasteiger partial charge in [-0.3, -0.25) is 0 Å². The second-order valence-corrected chi connectivity index (χ2v) is 10.4. The summed E-state index contributed by atoms with van der Waals surface area (Å²) < 4.78 is 7.73. The minimum absolute atomic E-state index is 0.613. The van der Waals surface area contributed by atoms with Gasteiger partial charge in [0.2, 0.25) is 0 Å². The van der Waals surface area contributed by atoms with Crippen molar-refractivity contribution in [2.75, 3.05) is 39.3 Å². The van der Waals surface area contributed by atoms with Gasteiger partial charge in [0, 0.05) is 34.1 Å². The van der Waals surface area contributed by atoms with E-state index in [0.29, 0.717) is 5.92 Å². The first-order chi connectivity index (χ1) is 15.8. The molecule has 0 amide bonds. The average Bonchev–Trinajstić information content (AvgIpc) is 3.29. The fourth-order valence-corrected chi connectivity index (χ4v) is 5.97. The van der Waals surface area contributed by atoms with E-state index in [0.717, 1.165) is 57.5 Å². The van der Waals surface area contributed by atoms with Crippen molar-refractivity contribution >= 4 is 21.4 Å². The number of nitrogens with one attached hydrogen (secondary N) is 3. The van der Waals surface area contributed by atoms with Crippen molar-refractivity contribution < 1.29 is 4.74 Å². The lowest BCUT2D eigenvalue weighted by molar-refractivity contribution is 0.216. The molecule has 0 radical (unpaired) electrons. The second-order valence-electron chi connectivity index (χ2n) is 9.32. The predicted molar refractivity (Wildman–Crippen MR) is 136 cm³/mol. The van der Waals surface area contributed by atoms with Gasteiger partial charge in [0.05, 0.1) is 6.61 Å². The SMILES string of the molecule is c1ccc2sc(-c3ccc(OCC4CCCNC4)c(CNCC4CCNCC4)c3)cc2c1. The zero-order valence-electron chi connectivity index (χ0n) is 18.9. The summed E-state index contributed by atoms with van der Waals surface area (Å²) >= 11 is 1.87. The Hall–Kier alpha value is -1.92. The number of piperidine rings is 2. The van der Waals surface area contributed by atoms with Crippen LogP contribution in [0.5, 0.6) is 5.75 Å². The number of hydrogen-bond donors (Lipinski definition) is 3. The lowest BCUT2D eigenvalue weighted by Gasteiger charge is -2.24. The van der Waals surface area contributed by atoms with Crippen LogP contribution in [0.3, 0.4) is 0 Å². The maximum Gasteiger partial charge on any atom is 0.123 e. The molecule has 4 nitrogen and oxygen atoms in total. The molecule has 2 fully saturated rings. The van der Waals surface area contributed by atoms with E-state index in [1.165, 1.54) is 51.8 Å². The highest BCUT2D eigenvalue weighted by atomic mass is 32.1. The van der Waals surface area contributed by atoms with Gasteiger partial charge >= 0.3 is 0 Å². The van der Waals surface area contributed by atoms with Gasteiger partial charge in [-0.25, -0.2) is 0 Å². The summed E-state index contributed by atoms with van der Waals surface area (Å²) in [5.74, 6) is 2.43. The molecule has 2 aliphatic heterocycles. The van der Waals surface area contributed by atoms with Crippen molar-refractivity contribution in [2.45, 2.75) is 32.2 Å². The van der Waals surface area contributed by atoms with Gasteiger partial charge in [-0.2, -0.15) is 0 Å². The maximum atomic E-state index is 6.38. The van der Waals surface area contributed by atoms with E-state index in [4.69, 9.17) is 4.74 Å². The van der Waals surface area contributed by atoms with Gasteiger partial charge < -0.3 is 20.7 Å². The van der Waals surface area contributed by atoms with Gasteiger partial charge in [0.15, 0.2) is 0 Å². The highest BCUT2D eigenvalue weighted by molar-refractivity contribution is 7.22. The van der Waals surface area contributed by atoms with Crippen LogP contribution in [0.25, 0.3) is 20.5 Å². The standard InChI is InChI=1S/C27H35N3OS/c1-2-6-26-22(5-1)15-27(32-26)23-7-8-25(31-19-21-4-3-11-29-17-21)24(14-23)18-30-16-20-9-12-28-13-10-20/h1-2,5-8,14-15,20-21,28-30H,3-4,9-13,16-19H2. The number of thiophene rings is 1. The Morgan fingerprint density at radius 1 is 0.938 bits per heavy atom. The zero-order valence-corrected chi connectivity index (χ0v) is 19.7. The van der Waals surface area contributed by atoms with Crippen LogP contribution >= 0.6 is 11.3 Å². The molecule has 5 rings (SSSR count). The van der Waals surface area contributed by atoms with E-state index >= 15 is 0 Å². The van der Waals surface area contributed by atoms with Crippen molar-refractivity contribution in [1.29, 1.82) is 0 Å². The van der Waals surface area contributed by atoms with E-state index in [1.54, 1.807) is 0 Å². The van der Waals surface area contributed by atoms with E-state index < -0.39 is 0 Å². The number of fused-ring (bicyclic) bond motifs is 1. The Kier molecular flexibility index (Phi) is 7.39. The fraction of sp³-hybridized carbons (Fsp3) is 0.481. The summed E-state index contributed by atoms with van der Waals surface area (Å²) in [6, 6.07) is 17.7. The Bertz CT molecular complexity index is 972. The van der Waals surface area contributed by atoms with Crippen LogP contribution in [0.15, 0.2) is 48.5 Å². The first kappa shape index (κ1) is 21.9. The van der Waals surface area contributed by atoms with Crippen LogP contribution in [-0.2, 0) is 6.54 Å². The Morgan fingerprint density at radius 2 is 1.84 bits per heavy atom. The number of ether oxygens (including phenoxy) is 1. The molecule has 3 heterocycles. The molecular formula is C27H35N3OS. The molecule has 2 aromatic carbocycles. The van der Waals surface area contributed by atoms with E-state index in [2.05, 4.69) is 64.5 Å². The molecule has 170 valence electrons. The molecule has 0 spiro atoms. The zero-order chi connectivity index (χ0) is 21.6. The van der Waals surface area contributed by atoms with Gasteiger partial charge in [-0.05, 0) is 99.1 Å². The predicted octanol–water partition coefficient (Wildman–Crippen LogP) is 5.04. The summed E-state index contributed by atoms with van der Waals surface area (Å²) in [4.78, 5) is 1.33. The van der Waals surface area contributed by atoms with Crippen molar-refractivity contribution in [1.82, 2.24) is 16.0 Å². The van der Waals surface area contributed by atoms with Crippen LogP contribution in [0.4, 0.5) is 0 Å². The van der Waals surface area contributed by atoms with Crippen molar-refractivity contribution in [3.63, 3.8) is 0 Å². The van der Waals surface area contributed by atoms with Crippen molar-refractivity contribution in [3.05, 3.63) is 54.1 Å². The molecule has 32 heavy (non-hydrogen) atoms. The molecular weight excluding hydrogens is 414 g/mol. The third kappa shape index (κ3) is 5.52. The van der Waals surface area contributed by atoms with Gasteiger partial charge in [-0.1, -0.05) is 18.2 Å². The minimum Gasteiger partial charge on any atom is -0.493 e. The Labute approximate surface area is 195 Å². The average molecular weight is 450 g/mol. The molecule has 1 atom stereocenters. The third-order valence-electron chi connectivity index (χ3n) is 6.85. The monoisotopic (exact) mass is 449 g/mol. The largest absolute Gasteiger partial charge is 0.493 e. The third-order valence-corrected chi connectivity index (χ3v) is 8.02. The van der Waals surface area contributed by atoms with E-state index in [-0.39, 0.29) is 0 Å². The van der Waals surface area contributed by atoms with Gasteiger partial charge in [-0.15, -0.1) is 11.3 Å². The van der Waals surface area contributed by atoms with E-state index in [1.807, 2.05) is 11.3 Å². The molecule has 3 aromatic rings. The van der Waals surface area contributed by atoms with Crippen LogP contribution in [0, 0.1) is 11.8 Å². The second kappa shape index (κ2) is 10.8. The van der Waals surface area contributed by atoms with Crippen molar-refractivity contribution in [3.8, 4) is 16.2 Å². The molecule has 2 saturated heterocycles. The van der Waals surface area contributed by atoms with Gasteiger partial charge in [0.25, 0.3) is 0 Å². The molecule has 1 unspecified atom stereocenters. The first-order valence-electron chi connectivity index (χ1n) is 12.2. The maximum absolute atomic E-state index is 6.38. The van der Waals surface area contributed by atoms with Crippen LogP contribution in [-0.4, -0.2) is 39.3 Å². The quantitative estimate of drug-likeness (QED) is 0.451. The fourth-order valence-electron chi connectivity index (χ4n) is 4.91. The van der Waals surface area contributed by atoms with Gasteiger partial charge in [0.1, 0.15) is 5.75 Å². The molecule has 0 aliphatic carbocycles. The Balaban J connectivity index is 1.32. The Morgan fingerprint density at radius 3 is 2.69 bits per heavy atom. The first-order valence-corrected chi connectivity index (χ1v) is 13.0. The lowest BCUT2D eigenvalue weighted by atomic mass is 9.98. The molecule has 5 heteroatoms. The normalized spacial score (nSPS) is 19.9. The number of rotatable bonds is 8.